The number of rotatable bonds is 7. The lowest BCUT2D eigenvalue weighted by atomic mass is 9.78. The second-order valence-corrected chi connectivity index (χ2v) is 8.40. The Morgan fingerprint density at radius 1 is 1.10 bits per heavy atom. The number of nitro groups is 1. The molecule has 0 saturated carbocycles. The van der Waals surface area contributed by atoms with E-state index in [1.807, 2.05) is 30.3 Å². The van der Waals surface area contributed by atoms with Gasteiger partial charge in [-0.3, -0.25) is 24.6 Å². The summed E-state index contributed by atoms with van der Waals surface area (Å²) in [4.78, 5) is 40.4. The lowest BCUT2D eigenvalue weighted by molar-refractivity contribution is -0.487. The third-order valence-electron chi connectivity index (χ3n) is 6.35. The Bertz CT molecular complexity index is 970. The van der Waals surface area contributed by atoms with Crippen LogP contribution < -0.4 is 10.6 Å². The molecule has 1 fully saturated rings. The maximum Gasteiger partial charge on any atom is 0.245 e. The first kappa shape index (κ1) is 21.0. The molecule has 4 rings (SSSR count). The predicted octanol–water partition coefficient (Wildman–Crippen LogP) is 2.09. The molecule has 0 bridgehead atoms. The van der Waals surface area contributed by atoms with E-state index in [0.29, 0.717) is 11.3 Å². The zero-order chi connectivity index (χ0) is 22.0. The van der Waals surface area contributed by atoms with Crippen molar-refractivity contribution < 1.29 is 14.5 Å². The molecule has 0 spiro atoms. The molecule has 1 atom stereocenters. The molecule has 0 radical (unpaired) electrons. The number of piperidine rings is 1. The van der Waals surface area contributed by atoms with Crippen molar-refractivity contribution >= 4 is 17.5 Å². The van der Waals surface area contributed by atoms with Gasteiger partial charge in [0.25, 0.3) is 0 Å². The molecular formula is C23H26N4O4. The topological polar surface area (TPSA) is 110 Å². The highest BCUT2D eigenvalue weighted by atomic mass is 16.6. The first-order valence-electron chi connectivity index (χ1n) is 10.5. The molecule has 31 heavy (non-hydrogen) atoms. The smallest absolute Gasteiger partial charge is 0.245 e. The van der Waals surface area contributed by atoms with Gasteiger partial charge in [-0.1, -0.05) is 48.5 Å². The van der Waals surface area contributed by atoms with Gasteiger partial charge in [0.15, 0.2) is 0 Å². The first-order chi connectivity index (χ1) is 14.9. The van der Waals surface area contributed by atoms with Crippen LogP contribution in [0.15, 0.2) is 54.6 Å². The van der Waals surface area contributed by atoms with Crippen molar-refractivity contribution in [2.45, 2.75) is 37.3 Å². The van der Waals surface area contributed by atoms with Gasteiger partial charge >= 0.3 is 0 Å². The molecule has 2 aliphatic rings. The molecule has 0 aliphatic carbocycles. The SMILES string of the molecule is NC(=O)CC1(C[N+](=O)[O-])C(=O)N(C2CCN(Cc3ccccc3)CC2)c2ccccc21. The number of nitrogens with two attached hydrogens (primary N) is 1. The van der Waals surface area contributed by atoms with Crippen molar-refractivity contribution in [1.29, 1.82) is 0 Å². The molecule has 2 aromatic carbocycles. The van der Waals surface area contributed by atoms with Crippen molar-refractivity contribution in [3.05, 3.63) is 75.8 Å². The fraction of sp³-hybridized carbons (Fsp3) is 0.391. The Morgan fingerprint density at radius 3 is 2.39 bits per heavy atom. The third kappa shape index (κ3) is 4.03. The summed E-state index contributed by atoms with van der Waals surface area (Å²) in [6.07, 6.45) is 1.16. The Balaban J connectivity index is 1.57. The number of anilines is 1. The van der Waals surface area contributed by atoms with Gasteiger partial charge in [0.2, 0.25) is 18.4 Å². The molecule has 2 amide bonds. The summed E-state index contributed by atoms with van der Waals surface area (Å²) in [6.45, 7) is 1.85. The second-order valence-electron chi connectivity index (χ2n) is 8.40. The summed E-state index contributed by atoms with van der Waals surface area (Å²) < 4.78 is 0. The average molecular weight is 422 g/mol. The van der Waals surface area contributed by atoms with Crippen LogP contribution in [0.25, 0.3) is 0 Å². The number of amides is 2. The molecule has 2 aliphatic heterocycles. The number of benzene rings is 2. The number of hydrogen-bond acceptors (Lipinski definition) is 5. The summed E-state index contributed by atoms with van der Waals surface area (Å²) in [6, 6.07) is 17.3. The van der Waals surface area contributed by atoms with E-state index in [1.54, 1.807) is 17.0 Å². The number of likely N-dealkylation sites (tertiary alicyclic amines) is 1. The zero-order valence-corrected chi connectivity index (χ0v) is 17.3. The molecule has 0 aromatic heterocycles. The van der Waals surface area contributed by atoms with Gasteiger partial charge in [-0.05, 0) is 30.0 Å². The Hall–Kier alpha value is -3.26. The second kappa shape index (κ2) is 8.47. The Kier molecular flexibility index (Phi) is 5.73. The Morgan fingerprint density at radius 2 is 1.74 bits per heavy atom. The van der Waals surface area contributed by atoms with E-state index in [9.17, 15) is 19.7 Å². The van der Waals surface area contributed by atoms with Crippen LogP contribution in [0, 0.1) is 10.1 Å². The number of carbonyl (C=O) groups excluding carboxylic acids is 2. The van der Waals surface area contributed by atoms with Crippen molar-refractivity contribution in [3.63, 3.8) is 0 Å². The van der Waals surface area contributed by atoms with Gasteiger partial charge in [-0.25, -0.2) is 0 Å². The van der Waals surface area contributed by atoms with Gasteiger partial charge in [0, 0.05) is 36.3 Å². The largest absolute Gasteiger partial charge is 0.370 e. The van der Waals surface area contributed by atoms with Crippen molar-refractivity contribution in [1.82, 2.24) is 4.90 Å². The van der Waals surface area contributed by atoms with Gasteiger partial charge in [0.1, 0.15) is 5.41 Å². The number of carbonyl (C=O) groups is 2. The van der Waals surface area contributed by atoms with Crippen molar-refractivity contribution in [2.75, 3.05) is 24.5 Å². The van der Waals surface area contributed by atoms with Crippen LogP contribution in [0.3, 0.4) is 0 Å². The predicted molar refractivity (Wildman–Crippen MR) is 116 cm³/mol. The fourth-order valence-corrected chi connectivity index (χ4v) is 4.98. The van der Waals surface area contributed by atoms with Gasteiger partial charge in [-0.15, -0.1) is 0 Å². The van der Waals surface area contributed by atoms with E-state index in [0.717, 1.165) is 32.5 Å². The average Bonchev–Trinajstić information content (AvgIpc) is 2.97. The van der Waals surface area contributed by atoms with Crippen molar-refractivity contribution in [3.8, 4) is 0 Å². The normalized spacial score (nSPS) is 21.8. The minimum atomic E-state index is -1.53. The third-order valence-corrected chi connectivity index (χ3v) is 6.35. The molecule has 8 nitrogen and oxygen atoms in total. The number of primary amides is 1. The van der Waals surface area contributed by atoms with Gasteiger partial charge in [-0.2, -0.15) is 0 Å². The summed E-state index contributed by atoms with van der Waals surface area (Å²) in [7, 11) is 0. The van der Waals surface area contributed by atoms with Gasteiger partial charge in [0.05, 0.1) is 6.42 Å². The summed E-state index contributed by atoms with van der Waals surface area (Å²) in [5.74, 6) is -1.10. The maximum absolute atomic E-state index is 13.6. The molecule has 8 heteroatoms. The number of hydrogen-bond donors (Lipinski definition) is 1. The van der Waals surface area contributed by atoms with Crippen LogP contribution in [0.1, 0.15) is 30.4 Å². The molecule has 1 unspecified atom stereocenters. The monoisotopic (exact) mass is 422 g/mol. The number of para-hydroxylation sites is 1. The quantitative estimate of drug-likeness (QED) is 0.543. The van der Waals surface area contributed by atoms with E-state index in [4.69, 9.17) is 5.73 Å². The minimum Gasteiger partial charge on any atom is -0.370 e. The summed E-state index contributed by atoms with van der Waals surface area (Å²) >= 11 is 0. The van der Waals surface area contributed by atoms with E-state index in [1.165, 1.54) is 5.56 Å². The van der Waals surface area contributed by atoms with Crippen LogP contribution in [-0.4, -0.2) is 47.3 Å². The minimum absolute atomic E-state index is 0.0674. The van der Waals surface area contributed by atoms with Crippen LogP contribution in [0.2, 0.25) is 0 Å². The van der Waals surface area contributed by atoms with Crippen LogP contribution in [-0.2, 0) is 21.5 Å². The number of nitrogens with zero attached hydrogens (tertiary/aromatic N) is 3. The highest BCUT2D eigenvalue weighted by Crippen LogP contribution is 2.46. The summed E-state index contributed by atoms with van der Waals surface area (Å²) in [5.41, 5.74) is 6.33. The first-order valence-corrected chi connectivity index (χ1v) is 10.5. The lowest BCUT2D eigenvalue weighted by Crippen LogP contribution is -2.52. The molecule has 1 saturated heterocycles. The highest BCUT2D eigenvalue weighted by molar-refractivity contribution is 6.10. The molecule has 162 valence electrons. The standard InChI is InChI=1S/C23H26N4O4/c24-21(28)14-23(16-26(30)31)19-8-4-5-9-20(19)27(22(23)29)18-10-12-25(13-11-18)15-17-6-2-1-3-7-17/h1-9,18H,10-16H2,(H2,24,28). The van der Waals surface area contributed by atoms with Gasteiger partial charge < -0.3 is 10.6 Å². The Labute approximate surface area is 180 Å². The zero-order valence-electron chi connectivity index (χ0n) is 17.3. The maximum atomic E-state index is 13.6. The van der Waals surface area contributed by atoms with E-state index >= 15 is 0 Å². The molecule has 2 aromatic rings. The fourth-order valence-electron chi connectivity index (χ4n) is 4.98. The van der Waals surface area contributed by atoms with Crippen LogP contribution in [0.4, 0.5) is 5.69 Å². The summed E-state index contributed by atoms with van der Waals surface area (Å²) in [5, 5.41) is 11.5. The molecule has 2 heterocycles. The lowest BCUT2D eigenvalue weighted by Gasteiger charge is -2.37. The van der Waals surface area contributed by atoms with Crippen LogP contribution >= 0.6 is 0 Å². The van der Waals surface area contributed by atoms with E-state index in [2.05, 4.69) is 17.0 Å². The van der Waals surface area contributed by atoms with Crippen LogP contribution in [0.5, 0.6) is 0 Å². The highest BCUT2D eigenvalue weighted by Gasteiger charge is 2.56. The van der Waals surface area contributed by atoms with E-state index < -0.39 is 22.8 Å². The van der Waals surface area contributed by atoms with E-state index in [-0.39, 0.29) is 18.4 Å². The molecule has 2 N–H and O–H groups in total. The molecular weight excluding hydrogens is 396 g/mol. The van der Waals surface area contributed by atoms with Crippen molar-refractivity contribution in [2.24, 2.45) is 5.73 Å². The number of fused-ring (bicyclic) bond motifs is 1.